The van der Waals surface area contributed by atoms with Crippen molar-refractivity contribution in [3.8, 4) is 0 Å². The third-order valence-electron chi connectivity index (χ3n) is 4.85. The smallest absolute Gasteiger partial charge is 0.103 e. The van der Waals surface area contributed by atoms with Crippen LogP contribution in [0.15, 0.2) is 24.3 Å². The van der Waals surface area contributed by atoms with Crippen LogP contribution in [0.3, 0.4) is 0 Å². The first-order valence-electron chi connectivity index (χ1n) is 8.09. The molecule has 0 atom stereocenters. The van der Waals surface area contributed by atoms with Crippen molar-refractivity contribution in [3.05, 3.63) is 29.8 Å². The molecular weight excluding hydrogens is 278 g/mol. The number of likely N-dealkylation sites (tertiary alicyclic amines) is 1. The molecule has 114 valence electrons. The predicted octanol–water partition coefficient (Wildman–Crippen LogP) is 2.63. The summed E-state index contributed by atoms with van der Waals surface area (Å²) in [4.78, 5) is 5.62. The molecule has 0 radical (unpaired) electrons. The summed E-state index contributed by atoms with van der Waals surface area (Å²) in [7, 11) is 0. The molecule has 3 nitrogen and oxygen atoms in total. The molecule has 2 heterocycles. The molecule has 2 fully saturated rings. The number of anilines is 1. The quantitative estimate of drug-likeness (QED) is 0.867. The molecule has 3 rings (SSSR count). The van der Waals surface area contributed by atoms with Gasteiger partial charge in [0.1, 0.15) is 4.99 Å². The normalized spacial score (nSPS) is 20.9. The van der Waals surface area contributed by atoms with E-state index in [1.165, 1.54) is 64.1 Å². The first kappa shape index (κ1) is 14.8. The molecule has 0 amide bonds. The molecule has 0 aromatic heterocycles. The minimum absolute atomic E-state index is 0.478. The minimum Gasteiger partial charge on any atom is -0.389 e. The lowest BCUT2D eigenvalue weighted by Crippen LogP contribution is -2.38. The molecule has 4 heteroatoms. The van der Waals surface area contributed by atoms with Crippen molar-refractivity contribution in [2.45, 2.75) is 25.7 Å². The van der Waals surface area contributed by atoms with Crippen LogP contribution in [-0.4, -0.2) is 42.6 Å². The van der Waals surface area contributed by atoms with Crippen molar-refractivity contribution in [2.75, 3.05) is 37.6 Å². The van der Waals surface area contributed by atoms with Gasteiger partial charge in [0.2, 0.25) is 0 Å². The number of nitrogens with zero attached hydrogens (tertiary/aromatic N) is 2. The van der Waals surface area contributed by atoms with Crippen LogP contribution in [0, 0.1) is 5.92 Å². The Hall–Kier alpha value is -1.13. The summed E-state index contributed by atoms with van der Waals surface area (Å²) in [6.45, 7) is 6.30. The molecule has 2 aliphatic heterocycles. The summed E-state index contributed by atoms with van der Waals surface area (Å²) in [6.07, 6.45) is 5.42. The fraction of sp³-hybridized carbons (Fsp3) is 0.588. The van der Waals surface area contributed by atoms with Gasteiger partial charge in [-0.25, -0.2) is 0 Å². The minimum atomic E-state index is 0.478. The maximum atomic E-state index is 5.65. The van der Waals surface area contributed by atoms with E-state index in [-0.39, 0.29) is 0 Å². The van der Waals surface area contributed by atoms with E-state index < -0.39 is 0 Å². The topological polar surface area (TPSA) is 32.5 Å². The van der Waals surface area contributed by atoms with Gasteiger partial charge in [-0.05, 0) is 69.0 Å². The van der Waals surface area contributed by atoms with Crippen LogP contribution in [0.25, 0.3) is 0 Å². The SMILES string of the molecule is NC(=S)c1ccc(N2CCC(CN3CCCC3)CC2)cc1. The second kappa shape index (κ2) is 6.75. The Labute approximate surface area is 133 Å². The van der Waals surface area contributed by atoms with Crippen LogP contribution in [0.2, 0.25) is 0 Å². The number of thiocarbonyl (C=S) groups is 1. The Balaban J connectivity index is 1.51. The van der Waals surface area contributed by atoms with Gasteiger partial charge in [0.05, 0.1) is 0 Å². The van der Waals surface area contributed by atoms with E-state index in [1.807, 2.05) is 12.1 Å². The second-order valence-corrected chi connectivity index (χ2v) is 6.79. The highest BCUT2D eigenvalue weighted by atomic mass is 32.1. The van der Waals surface area contributed by atoms with Crippen molar-refractivity contribution in [1.29, 1.82) is 0 Å². The summed E-state index contributed by atoms with van der Waals surface area (Å²) in [6, 6.07) is 8.37. The highest BCUT2D eigenvalue weighted by Gasteiger charge is 2.22. The molecule has 0 unspecified atom stereocenters. The van der Waals surface area contributed by atoms with Crippen molar-refractivity contribution in [3.63, 3.8) is 0 Å². The van der Waals surface area contributed by atoms with Crippen molar-refractivity contribution < 1.29 is 0 Å². The molecule has 0 saturated carbocycles. The maximum absolute atomic E-state index is 5.65. The van der Waals surface area contributed by atoms with Gasteiger partial charge in [-0.3, -0.25) is 0 Å². The van der Waals surface area contributed by atoms with E-state index in [1.54, 1.807) is 0 Å². The Morgan fingerprint density at radius 2 is 1.67 bits per heavy atom. The first-order chi connectivity index (χ1) is 10.2. The van der Waals surface area contributed by atoms with Crippen LogP contribution in [-0.2, 0) is 0 Å². The first-order valence-corrected chi connectivity index (χ1v) is 8.50. The maximum Gasteiger partial charge on any atom is 0.103 e. The Morgan fingerprint density at radius 3 is 2.24 bits per heavy atom. The van der Waals surface area contributed by atoms with E-state index in [2.05, 4.69) is 21.9 Å². The van der Waals surface area contributed by atoms with Crippen LogP contribution < -0.4 is 10.6 Å². The van der Waals surface area contributed by atoms with E-state index in [0.717, 1.165) is 11.5 Å². The summed E-state index contributed by atoms with van der Waals surface area (Å²) in [5, 5.41) is 0. The van der Waals surface area contributed by atoms with Gasteiger partial charge in [0, 0.05) is 30.9 Å². The van der Waals surface area contributed by atoms with Crippen LogP contribution in [0.5, 0.6) is 0 Å². The lowest BCUT2D eigenvalue weighted by atomic mass is 9.96. The fourth-order valence-corrected chi connectivity index (χ4v) is 3.68. The standard InChI is InChI=1S/C17H25N3S/c18-17(21)15-3-5-16(6-4-15)20-11-7-14(8-12-20)13-19-9-1-2-10-19/h3-6,14H,1-2,7-13H2,(H2,18,21). The molecule has 1 aromatic rings. The summed E-state index contributed by atoms with van der Waals surface area (Å²) >= 11 is 5.00. The summed E-state index contributed by atoms with van der Waals surface area (Å²) < 4.78 is 0. The predicted molar refractivity (Wildman–Crippen MR) is 92.9 cm³/mol. The fourth-order valence-electron chi connectivity index (χ4n) is 3.54. The Morgan fingerprint density at radius 1 is 1.05 bits per heavy atom. The number of benzene rings is 1. The van der Waals surface area contributed by atoms with Crippen molar-refractivity contribution in [1.82, 2.24) is 4.90 Å². The number of hydrogen-bond acceptors (Lipinski definition) is 3. The molecule has 0 spiro atoms. The average molecular weight is 303 g/mol. The van der Waals surface area contributed by atoms with E-state index >= 15 is 0 Å². The van der Waals surface area contributed by atoms with Crippen molar-refractivity contribution in [2.24, 2.45) is 11.7 Å². The van der Waals surface area contributed by atoms with Gasteiger partial charge in [-0.1, -0.05) is 12.2 Å². The lowest BCUT2D eigenvalue weighted by molar-refractivity contribution is 0.249. The number of hydrogen-bond donors (Lipinski definition) is 1. The lowest BCUT2D eigenvalue weighted by Gasteiger charge is -2.35. The molecule has 2 N–H and O–H groups in total. The second-order valence-electron chi connectivity index (χ2n) is 6.35. The Bertz CT molecular complexity index is 471. The van der Waals surface area contributed by atoms with Gasteiger partial charge in [-0.15, -0.1) is 0 Å². The van der Waals surface area contributed by atoms with E-state index in [4.69, 9.17) is 18.0 Å². The third kappa shape index (κ3) is 3.74. The number of piperidine rings is 1. The van der Waals surface area contributed by atoms with Crippen LogP contribution in [0.1, 0.15) is 31.2 Å². The molecular formula is C17H25N3S. The van der Waals surface area contributed by atoms with Gasteiger partial charge in [-0.2, -0.15) is 0 Å². The third-order valence-corrected chi connectivity index (χ3v) is 5.08. The van der Waals surface area contributed by atoms with Gasteiger partial charge in [0.25, 0.3) is 0 Å². The van der Waals surface area contributed by atoms with E-state index in [9.17, 15) is 0 Å². The molecule has 21 heavy (non-hydrogen) atoms. The molecule has 0 bridgehead atoms. The molecule has 2 saturated heterocycles. The van der Waals surface area contributed by atoms with Crippen LogP contribution in [0.4, 0.5) is 5.69 Å². The zero-order valence-electron chi connectivity index (χ0n) is 12.6. The van der Waals surface area contributed by atoms with Crippen LogP contribution >= 0.6 is 12.2 Å². The molecule has 1 aromatic carbocycles. The molecule has 2 aliphatic rings. The highest BCUT2D eigenvalue weighted by molar-refractivity contribution is 7.80. The van der Waals surface area contributed by atoms with Gasteiger partial charge in [0.15, 0.2) is 0 Å². The summed E-state index contributed by atoms with van der Waals surface area (Å²) in [5.74, 6) is 0.884. The summed E-state index contributed by atoms with van der Waals surface area (Å²) in [5.41, 5.74) is 7.91. The zero-order chi connectivity index (χ0) is 14.7. The number of nitrogens with two attached hydrogens (primary N) is 1. The largest absolute Gasteiger partial charge is 0.389 e. The van der Waals surface area contributed by atoms with Crippen molar-refractivity contribution >= 4 is 22.9 Å². The Kier molecular flexibility index (Phi) is 4.76. The average Bonchev–Trinajstić information content (AvgIpc) is 3.01. The highest BCUT2D eigenvalue weighted by Crippen LogP contribution is 2.25. The zero-order valence-corrected chi connectivity index (χ0v) is 13.4. The monoisotopic (exact) mass is 303 g/mol. The van der Waals surface area contributed by atoms with E-state index in [0.29, 0.717) is 4.99 Å². The van der Waals surface area contributed by atoms with Gasteiger partial charge < -0.3 is 15.5 Å². The number of rotatable bonds is 4. The van der Waals surface area contributed by atoms with Gasteiger partial charge >= 0.3 is 0 Å². The molecule has 0 aliphatic carbocycles.